The van der Waals surface area contributed by atoms with Crippen molar-refractivity contribution in [1.82, 2.24) is 14.9 Å². The van der Waals surface area contributed by atoms with E-state index in [1.807, 2.05) is 32.2 Å². The van der Waals surface area contributed by atoms with Gasteiger partial charge in [0, 0.05) is 34.8 Å². The molecular formula is C30H39N5O3. The summed E-state index contributed by atoms with van der Waals surface area (Å²) in [5.74, 6) is 0.920. The van der Waals surface area contributed by atoms with Gasteiger partial charge in [-0.1, -0.05) is 52.0 Å². The van der Waals surface area contributed by atoms with Crippen LogP contribution in [-0.2, 0) is 17.7 Å². The normalized spacial score (nSPS) is 13.2. The zero-order valence-electron chi connectivity index (χ0n) is 23.2. The molecule has 3 rings (SSSR count). The minimum atomic E-state index is -1.59. The summed E-state index contributed by atoms with van der Waals surface area (Å²) in [6.45, 7) is 13.3. The minimum absolute atomic E-state index is 0.102. The molecule has 0 saturated heterocycles. The number of nitrogens with two attached hydrogens (primary N) is 1. The lowest BCUT2D eigenvalue weighted by molar-refractivity contribution is -0.0000264. The van der Waals surface area contributed by atoms with Crippen LogP contribution in [0.2, 0.25) is 0 Å². The summed E-state index contributed by atoms with van der Waals surface area (Å²) in [5.41, 5.74) is 6.84. The number of aryl methyl sites for hydroxylation is 1. The monoisotopic (exact) mass is 517 g/mol. The van der Waals surface area contributed by atoms with E-state index in [0.717, 1.165) is 30.0 Å². The summed E-state index contributed by atoms with van der Waals surface area (Å²) in [7, 11) is 0. The topological polar surface area (TPSA) is 126 Å². The van der Waals surface area contributed by atoms with Crippen LogP contribution < -0.4 is 15.8 Å². The summed E-state index contributed by atoms with van der Waals surface area (Å²) in [6, 6.07) is 14.1. The molecule has 0 spiro atoms. The Morgan fingerprint density at radius 1 is 1.21 bits per heavy atom. The Bertz CT molecular complexity index is 1300. The fraction of sp³-hybridized carbons (Fsp3) is 0.433. The van der Waals surface area contributed by atoms with Gasteiger partial charge in [0.25, 0.3) is 5.91 Å². The van der Waals surface area contributed by atoms with Crippen molar-refractivity contribution in [3.8, 4) is 23.1 Å². The average Bonchev–Trinajstić information content (AvgIpc) is 3.32. The molecule has 38 heavy (non-hydrogen) atoms. The highest BCUT2D eigenvalue weighted by Gasteiger charge is 2.30. The predicted molar refractivity (Wildman–Crippen MR) is 149 cm³/mol. The smallest absolute Gasteiger partial charge is 0.253 e. The molecule has 0 aliphatic carbocycles. The lowest BCUT2D eigenvalue weighted by Crippen LogP contribution is -2.45. The third-order valence-electron chi connectivity index (χ3n) is 6.27. The van der Waals surface area contributed by atoms with Gasteiger partial charge in [-0.25, -0.2) is 4.98 Å². The molecule has 1 amide bonds. The third-order valence-corrected chi connectivity index (χ3v) is 6.27. The van der Waals surface area contributed by atoms with Crippen molar-refractivity contribution in [1.29, 1.82) is 5.26 Å². The summed E-state index contributed by atoms with van der Waals surface area (Å²) in [5, 5.41) is 23.6. The van der Waals surface area contributed by atoms with E-state index in [1.54, 1.807) is 31.2 Å². The molecular weight excluding hydrogens is 478 g/mol. The van der Waals surface area contributed by atoms with E-state index < -0.39 is 11.6 Å². The van der Waals surface area contributed by atoms with Gasteiger partial charge >= 0.3 is 0 Å². The molecule has 1 aromatic heterocycles. The standard InChI is InChI=1S/C30H39N5O3/c1-7-30(37,34-27(36)22-11-14-26(38-20(2)3)23(17-22)18-32)24-12-9-21(10-13-24)25-19-35(16-8-15-31)28(33-25)29(4,5)6/h9-14,17,19-20,37H,7-8,15-16,31H2,1-6H3,(H,34,36)/t30-/m0/s1. The Hall–Kier alpha value is -3.67. The first-order valence-corrected chi connectivity index (χ1v) is 13.1. The maximum absolute atomic E-state index is 13.1. The number of aliphatic hydroxyl groups is 1. The van der Waals surface area contributed by atoms with E-state index in [9.17, 15) is 15.2 Å². The minimum Gasteiger partial charge on any atom is -0.490 e. The molecule has 0 saturated carbocycles. The number of nitrogens with zero attached hydrogens (tertiary/aromatic N) is 3. The summed E-state index contributed by atoms with van der Waals surface area (Å²) >= 11 is 0. The summed E-state index contributed by atoms with van der Waals surface area (Å²) in [4.78, 5) is 18.0. The number of imidazole rings is 1. The van der Waals surface area contributed by atoms with Gasteiger partial charge in [-0.15, -0.1) is 0 Å². The number of nitrogens with one attached hydrogen (secondary N) is 1. The lowest BCUT2D eigenvalue weighted by Gasteiger charge is -2.29. The van der Waals surface area contributed by atoms with Crippen LogP contribution in [0.15, 0.2) is 48.7 Å². The largest absolute Gasteiger partial charge is 0.490 e. The number of aromatic nitrogens is 2. The molecule has 0 fully saturated rings. The number of amides is 1. The number of nitriles is 1. The highest BCUT2D eigenvalue weighted by atomic mass is 16.5. The Labute approximate surface area is 225 Å². The number of benzene rings is 2. The van der Waals surface area contributed by atoms with Crippen molar-refractivity contribution in [2.45, 2.75) is 78.2 Å². The second-order valence-corrected chi connectivity index (χ2v) is 10.8. The highest BCUT2D eigenvalue weighted by Crippen LogP contribution is 2.30. The molecule has 0 aliphatic rings. The Morgan fingerprint density at radius 2 is 1.89 bits per heavy atom. The van der Waals surface area contributed by atoms with Gasteiger partial charge in [0.05, 0.1) is 17.4 Å². The molecule has 0 unspecified atom stereocenters. The molecule has 202 valence electrons. The van der Waals surface area contributed by atoms with Gasteiger partial charge in [0.1, 0.15) is 17.6 Å². The number of hydrogen-bond donors (Lipinski definition) is 3. The second-order valence-electron chi connectivity index (χ2n) is 10.8. The van der Waals surface area contributed by atoms with E-state index >= 15 is 0 Å². The summed E-state index contributed by atoms with van der Waals surface area (Å²) < 4.78 is 7.80. The van der Waals surface area contributed by atoms with Gasteiger partial charge in [-0.05, 0) is 51.4 Å². The van der Waals surface area contributed by atoms with Gasteiger partial charge in [-0.3, -0.25) is 4.79 Å². The van der Waals surface area contributed by atoms with Crippen LogP contribution in [0.3, 0.4) is 0 Å². The number of rotatable bonds is 10. The van der Waals surface area contributed by atoms with Crippen LogP contribution in [0, 0.1) is 11.3 Å². The average molecular weight is 518 g/mol. The molecule has 1 heterocycles. The Kier molecular flexibility index (Phi) is 8.97. The first kappa shape index (κ1) is 28.9. The lowest BCUT2D eigenvalue weighted by atomic mass is 9.95. The van der Waals surface area contributed by atoms with Crippen molar-refractivity contribution in [2.75, 3.05) is 6.54 Å². The van der Waals surface area contributed by atoms with Crippen molar-refractivity contribution in [2.24, 2.45) is 5.73 Å². The van der Waals surface area contributed by atoms with Gasteiger partial charge < -0.3 is 25.5 Å². The highest BCUT2D eigenvalue weighted by molar-refractivity contribution is 5.95. The molecule has 0 radical (unpaired) electrons. The number of carbonyl (C=O) groups is 1. The first-order valence-electron chi connectivity index (χ1n) is 13.1. The first-order chi connectivity index (χ1) is 17.9. The van der Waals surface area contributed by atoms with Gasteiger partial charge in [0.2, 0.25) is 0 Å². The maximum Gasteiger partial charge on any atom is 0.253 e. The molecule has 8 nitrogen and oxygen atoms in total. The van der Waals surface area contributed by atoms with Crippen molar-refractivity contribution >= 4 is 5.91 Å². The molecule has 4 N–H and O–H groups in total. The summed E-state index contributed by atoms with van der Waals surface area (Å²) in [6.07, 6.45) is 3.05. The van der Waals surface area contributed by atoms with E-state index in [0.29, 0.717) is 17.9 Å². The third kappa shape index (κ3) is 6.60. The van der Waals surface area contributed by atoms with E-state index in [-0.39, 0.29) is 29.1 Å². The Balaban J connectivity index is 1.85. The maximum atomic E-state index is 13.1. The van der Waals surface area contributed by atoms with Crippen LogP contribution in [0.5, 0.6) is 5.75 Å². The zero-order chi connectivity index (χ0) is 28.1. The zero-order valence-corrected chi connectivity index (χ0v) is 23.2. The molecule has 0 aliphatic heterocycles. The van der Waals surface area contributed by atoms with Gasteiger partial charge in [0.15, 0.2) is 5.72 Å². The molecule has 3 aromatic rings. The van der Waals surface area contributed by atoms with Crippen molar-refractivity contribution in [3.05, 3.63) is 71.2 Å². The van der Waals surface area contributed by atoms with Crippen LogP contribution in [-0.4, -0.2) is 33.2 Å². The number of hydrogen-bond acceptors (Lipinski definition) is 6. The SMILES string of the molecule is CC[C@@](O)(NC(=O)c1ccc(OC(C)C)c(C#N)c1)c1ccc(-c2cn(CCCN)c(C(C)(C)C)n2)cc1. The van der Waals surface area contributed by atoms with Crippen LogP contribution in [0.4, 0.5) is 0 Å². The fourth-order valence-electron chi connectivity index (χ4n) is 4.24. The van der Waals surface area contributed by atoms with E-state index in [2.05, 4.69) is 36.7 Å². The molecule has 1 atom stereocenters. The Morgan fingerprint density at radius 3 is 2.45 bits per heavy atom. The molecule has 2 aromatic carbocycles. The number of carbonyl (C=O) groups excluding carboxylic acids is 1. The number of ether oxygens (including phenoxy) is 1. The van der Waals surface area contributed by atoms with Gasteiger partial charge in [-0.2, -0.15) is 5.26 Å². The van der Waals surface area contributed by atoms with Crippen LogP contribution >= 0.6 is 0 Å². The van der Waals surface area contributed by atoms with Crippen molar-refractivity contribution in [3.63, 3.8) is 0 Å². The quantitative estimate of drug-likeness (QED) is 0.330. The van der Waals surface area contributed by atoms with Crippen LogP contribution in [0.1, 0.15) is 81.7 Å². The van der Waals surface area contributed by atoms with E-state index in [4.69, 9.17) is 15.5 Å². The van der Waals surface area contributed by atoms with Crippen molar-refractivity contribution < 1.29 is 14.6 Å². The van der Waals surface area contributed by atoms with Crippen LogP contribution in [0.25, 0.3) is 11.3 Å². The van der Waals surface area contributed by atoms with E-state index in [1.165, 1.54) is 6.07 Å². The fourth-order valence-corrected chi connectivity index (χ4v) is 4.24. The second kappa shape index (κ2) is 11.8. The predicted octanol–water partition coefficient (Wildman–Crippen LogP) is 4.84. The molecule has 8 heteroatoms. The molecule has 0 bridgehead atoms.